The number of carbonyl (C=O) groups excluding carboxylic acids is 2. The predicted octanol–water partition coefficient (Wildman–Crippen LogP) is 4.16. The maximum atomic E-state index is 14.2. The first-order chi connectivity index (χ1) is 17.0. The molecule has 3 aromatic rings. The molecular weight excluding hydrogens is 462 g/mol. The first kappa shape index (κ1) is 22.8. The fourth-order valence-electron chi connectivity index (χ4n) is 4.71. The Kier molecular flexibility index (Phi) is 5.87. The number of ether oxygens (including phenoxy) is 2. The summed E-state index contributed by atoms with van der Waals surface area (Å²) < 4.78 is 10.8. The molecule has 0 saturated carbocycles. The van der Waals surface area contributed by atoms with E-state index in [1.165, 1.54) is 11.8 Å². The van der Waals surface area contributed by atoms with Gasteiger partial charge in [-0.1, -0.05) is 18.2 Å². The quantitative estimate of drug-likeness (QED) is 0.540. The standard InChI is InChI=1S/C27H23N3O4S/c1-33-21-8-4-7-20(14-21)25(31)30-11-12-35-27(30)23-15-22(34-2)9-10-24(23)29(26(27)32)17-19-6-3-5-18(13-19)16-28/h3-10,13-15H,11-12,17H2,1-2H3/t27-/m1/s1. The minimum absolute atomic E-state index is 0.179. The molecule has 2 amide bonds. The highest BCUT2D eigenvalue weighted by Gasteiger charge is 2.59. The lowest BCUT2D eigenvalue weighted by Crippen LogP contribution is -2.50. The molecule has 0 bridgehead atoms. The van der Waals surface area contributed by atoms with Crippen molar-refractivity contribution in [3.8, 4) is 17.6 Å². The molecule has 1 saturated heterocycles. The Morgan fingerprint density at radius 1 is 1.06 bits per heavy atom. The van der Waals surface area contributed by atoms with Gasteiger partial charge in [0.2, 0.25) is 0 Å². The molecule has 0 aromatic heterocycles. The number of rotatable bonds is 5. The van der Waals surface area contributed by atoms with Crippen LogP contribution in [-0.4, -0.2) is 43.2 Å². The van der Waals surface area contributed by atoms with E-state index in [1.807, 2.05) is 30.3 Å². The lowest BCUT2D eigenvalue weighted by atomic mass is 10.0. The minimum Gasteiger partial charge on any atom is -0.497 e. The summed E-state index contributed by atoms with van der Waals surface area (Å²) >= 11 is 1.46. The first-order valence-electron chi connectivity index (χ1n) is 11.1. The van der Waals surface area contributed by atoms with E-state index in [9.17, 15) is 14.9 Å². The molecule has 2 aliphatic heterocycles. The fraction of sp³-hybridized carbons (Fsp3) is 0.222. The zero-order valence-corrected chi connectivity index (χ0v) is 20.2. The molecule has 0 aliphatic carbocycles. The van der Waals surface area contributed by atoms with E-state index in [2.05, 4.69) is 6.07 Å². The molecule has 1 spiro atoms. The van der Waals surface area contributed by atoms with Crippen molar-refractivity contribution in [2.45, 2.75) is 11.4 Å². The van der Waals surface area contributed by atoms with E-state index in [0.717, 1.165) is 16.8 Å². The van der Waals surface area contributed by atoms with Gasteiger partial charge in [-0.2, -0.15) is 5.26 Å². The molecule has 5 rings (SSSR count). The molecule has 3 aromatic carbocycles. The maximum Gasteiger partial charge on any atom is 0.268 e. The van der Waals surface area contributed by atoms with Crippen LogP contribution in [0.2, 0.25) is 0 Å². The van der Waals surface area contributed by atoms with Crippen LogP contribution in [0.5, 0.6) is 11.5 Å². The van der Waals surface area contributed by atoms with Gasteiger partial charge in [0.1, 0.15) is 11.5 Å². The molecule has 8 heteroatoms. The number of hydrogen-bond acceptors (Lipinski definition) is 6. The van der Waals surface area contributed by atoms with Gasteiger partial charge in [0, 0.05) is 23.4 Å². The van der Waals surface area contributed by atoms with Crippen LogP contribution >= 0.6 is 11.8 Å². The molecule has 7 nitrogen and oxygen atoms in total. The number of thioether (sulfide) groups is 1. The number of nitrogens with zero attached hydrogens (tertiary/aromatic N) is 3. The van der Waals surface area contributed by atoms with Gasteiger partial charge >= 0.3 is 0 Å². The van der Waals surface area contributed by atoms with Crippen LogP contribution in [-0.2, 0) is 16.2 Å². The summed E-state index contributed by atoms with van der Waals surface area (Å²) in [5, 5.41) is 9.30. The van der Waals surface area contributed by atoms with E-state index >= 15 is 0 Å². The largest absolute Gasteiger partial charge is 0.497 e. The van der Waals surface area contributed by atoms with Crippen LogP contribution in [0.15, 0.2) is 66.7 Å². The number of benzene rings is 3. The van der Waals surface area contributed by atoms with Gasteiger partial charge in [0.25, 0.3) is 11.8 Å². The van der Waals surface area contributed by atoms with Crippen molar-refractivity contribution in [2.75, 3.05) is 31.4 Å². The third-order valence-electron chi connectivity index (χ3n) is 6.36. The SMILES string of the molecule is COc1cccc(C(=O)N2CCS[C@]23C(=O)N(Cc2cccc(C#N)c2)c2ccc(OC)cc23)c1. The number of amides is 2. The molecule has 176 valence electrons. The van der Waals surface area contributed by atoms with Crippen LogP contribution in [0.1, 0.15) is 27.0 Å². The van der Waals surface area contributed by atoms with Crippen LogP contribution in [0, 0.1) is 11.3 Å². The topological polar surface area (TPSA) is 82.9 Å². The average Bonchev–Trinajstić information content (AvgIpc) is 3.45. The van der Waals surface area contributed by atoms with E-state index in [-0.39, 0.29) is 18.4 Å². The molecule has 2 heterocycles. The van der Waals surface area contributed by atoms with Gasteiger partial charge in [0.15, 0.2) is 4.87 Å². The summed E-state index contributed by atoms with van der Waals surface area (Å²) in [6.07, 6.45) is 0. The maximum absolute atomic E-state index is 14.2. The van der Waals surface area contributed by atoms with Gasteiger partial charge in [-0.15, -0.1) is 11.8 Å². The molecule has 1 atom stereocenters. The van der Waals surface area contributed by atoms with Crippen LogP contribution in [0.4, 0.5) is 5.69 Å². The Bertz CT molecular complexity index is 1370. The second-order valence-electron chi connectivity index (χ2n) is 8.27. The summed E-state index contributed by atoms with van der Waals surface area (Å²) in [5.74, 6) is 1.41. The molecule has 0 unspecified atom stereocenters. The number of nitriles is 1. The molecule has 0 N–H and O–H groups in total. The number of methoxy groups -OCH3 is 2. The van der Waals surface area contributed by atoms with Crippen molar-refractivity contribution in [1.29, 1.82) is 5.26 Å². The van der Waals surface area contributed by atoms with Crippen molar-refractivity contribution in [3.63, 3.8) is 0 Å². The van der Waals surface area contributed by atoms with Gasteiger partial charge in [-0.25, -0.2) is 0 Å². The zero-order valence-electron chi connectivity index (χ0n) is 19.4. The minimum atomic E-state index is -1.20. The Morgan fingerprint density at radius 2 is 1.83 bits per heavy atom. The third-order valence-corrected chi connectivity index (χ3v) is 7.78. The molecule has 35 heavy (non-hydrogen) atoms. The van der Waals surface area contributed by atoms with E-state index in [0.29, 0.717) is 34.9 Å². The molecule has 2 aliphatic rings. The highest BCUT2D eigenvalue weighted by molar-refractivity contribution is 8.01. The van der Waals surface area contributed by atoms with Crippen molar-refractivity contribution in [1.82, 2.24) is 4.90 Å². The zero-order chi connectivity index (χ0) is 24.6. The summed E-state index contributed by atoms with van der Waals surface area (Å²) in [6, 6.07) is 21.9. The van der Waals surface area contributed by atoms with E-state index in [1.54, 1.807) is 60.4 Å². The second kappa shape index (κ2) is 9.01. The van der Waals surface area contributed by atoms with Gasteiger partial charge in [-0.05, 0) is 54.1 Å². The summed E-state index contributed by atoms with van der Waals surface area (Å²) in [7, 11) is 3.14. The van der Waals surface area contributed by atoms with E-state index < -0.39 is 4.87 Å². The highest BCUT2D eigenvalue weighted by atomic mass is 32.2. The van der Waals surface area contributed by atoms with Crippen LogP contribution in [0.25, 0.3) is 0 Å². The Hall–Kier alpha value is -3.96. The molecule has 0 radical (unpaired) electrons. The first-order valence-corrected chi connectivity index (χ1v) is 12.1. The average molecular weight is 486 g/mol. The molecular formula is C27H23N3O4S. The number of carbonyl (C=O) groups is 2. The highest BCUT2D eigenvalue weighted by Crippen LogP contribution is 2.55. The normalized spacial score (nSPS) is 18.5. The number of hydrogen-bond donors (Lipinski definition) is 0. The van der Waals surface area contributed by atoms with Gasteiger partial charge in [-0.3, -0.25) is 9.59 Å². The second-order valence-corrected chi connectivity index (χ2v) is 9.56. The summed E-state index contributed by atoms with van der Waals surface area (Å²) in [5.41, 5.74) is 3.30. The van der Waals surface area contributed by atoms with Crippen molar-refractivity contribution < 1.29 is 19.1 Å². The Balaban J connectivity index is 1.60. The number of fused-ring (bicyclic) bond motifs is 2. The monoisotopic (exact) mass is 485 g/mol. The smallest absolute Gasteiger partial charge is 0.268 e. The van der Waals surface area contributed by atoms with Gasteiger partial charge < -0.3 is 19.3 Å². The fourth-order valence-corrected chi connectivity index (χ4v) is 6.16. The third kappa shape index (κ3) is 3.69. The van der Waals surface area contributed by atoms with Gasteiger partial charge in [0.05, 0.1) is 38.1 Å². The van der Waals surface area contributed by atoms with Crippen LogP contribution in [0.3, 0.4) is 0 Å². The van der Waals surface area contributed by atoms with E-state index in [4.69, 9.17) is 9.47 Å². The molecule has 1 fully saturated rings. The van der Waals surface area contributed by atoms with Crippen molar-refractivity contribution >= 4 is 29.3 Å². The van der Waals surface area contributed by atoms with Crippen molar-refractivity contribution in [3.05, 3.63) is 89.0 Å². The Labute approximate surface area is 207 Å². The number of anilines is 1. The summed E-state index contributed by atoms with van der Waals surface area (Å²) in [4.78, 5) is 30.1. The lowest BCUT2D eigenvalue weighted by molar-refractivity contribution is -0.123. The lowest BCUT2D eigenvalue weighted by Gasteiger charge is -2.33. The Morgan fingerprint density at radius 3 is 2.60 bits per heavy atom. The van der Waals surface area contributed by atoms with Crippen LogP contribution < -0.4 is 14.4 Å². The predicted molar refractivity (Wildman–Crippen MR) is 134 cm³/mol. The summed E-state index contributed by atoms with van der Waals surface area (Å²) in [6.45, 7) is 0.720. The van der Waals surface area contributed by atoms with Crippen molar-refractivity contribution in [2.24, 2.45) is 0 Å².